The summed E-state index contributed by atoms with van der Waals surface area (Å²) >= 11 is 6.11. The molecule has 4 N–H and O–H groups in total. The molecule has 0 aliphatic carbocycles. The summed E-state index contributed by atoms with van der Waals surface area (Å²) in [6.07, 6.45) is 1.33. The van der Waals surface area contributed by atoms with Crippen LogP contribution in [0, 0.1) is 0 Å². The zero-order valence-electron chi connectivity index (χ0n) is 13.5. The SMILES string of the molecule is COCCNC(=O)c1ccc(NC(=O)c2coc(CN)c2)cc1Cl.Cl. The van der Waals surface area contributed by atoms with E-state index in [0.29, 0.717) is 35.7 Å². The molecule has 2 aromatic rings. The number of furan rings is 1. The van der Waals surface area contributed by atoms with Crippen LogP contribution in [-0.2, 0) is 11.3 Å². The van der Waals surface area contributed by atoms with Crippen molar-refractivity contribution in [3.63, 3.8) is 0 Å². The first kappa shape index (κ1) is 21.0. The van der Waals surface area contributed by atoms with E-state index in [4.69, 9.17) is 26.5 Å². The second-order valence-corrected chi connectivity index (χ2v) is 5.31. The number of halogens is 2. The predicted octanol–water partition coefficient (Wildman–Crippen LogP) is 2.44. The van der Waals surface area contributed by atoms with Crippen LogP contribution < -0.4 is 16.4 Å². The van der Waals surface area contributed by atoms with Gasteiger partial charge in [-0.15, -0.1) is 12.4 Å². The molecule has 0 saturated heterocycles. The molecule has 0 atom stereocenters. The number of amides is 2. The Bertz CT molecular complexity index is 734. The van der Waals surface area contributed by atoms with Gasteiger partial charge >= 0.3 is 0 Å². The van der Waals surface area contributed by atoms with E-state index in [1.807, 2.05) is 0 Å². The van der Waals surface area contributed by atoms with Gasteiger partial charge < -0.3 is 25.5 Å². The fourth-order valence-electron chi connectivity index (χ4n) is 1.95. The summed E-state index contributed by atoms with van der Waals surface area (Å²) in [4.78, 5) is 24.1. The van der Waals surface area contributed by atoms with Crippen LogP contribution in [0.4, 0.5) is 5.69 Å². The van der Waals surface area contributed by atoms with Crippen LogP contribution in [-0.4, -0.2) is 32.1 Å². The highest BCUT2D eigenvalue weighted by Gasteiger charge is 2.13. The van der Waals surface area contributed by atoms with Crippen molar-refractivity contribution >= 4 is 41.5 Å². The summed E-state index contributed by atoms with van der Waals surface area (Å²) < 4.78 is 9.98. The first-order valence-electron chi connectivity index (χ1n) is 7.20. The second-order valence-electron chi connectivity index (χ2n) is 4.90. The van der Waals surface area contributed by atoms with Crippen LogP contribution in [0.25, 0.3) is 0 Å². The van der Waals surface area contributed by atoms with Gasteiger partial charge in [-0.05, 0) is 24.3 Å². The monoisotopic (exact) mass is 387 g/mol. The van der Waals surface area contributed by atoms with Gasteiger partial charge in [-0.25, -0.2) is 0 Å². The normalized spacial score (nSPS) is 10.0. The van der Waals surface area contributed by atoms with Crippen molar-refractivity contribution in [3.05, 3.63) is 52.4 Å². The Balaban J connectivity index is 0.00000312. The molecule has 7 nitrogen and oxygen atoms in total. The van der Waals surface area contributed by atoms with Crippen molar-refractivity contribution in [1.82, 2.24) is 5.32 Å². The molecule has 0 unspecified atom stereocenters. The van der Waals surface area contributed by atoms with Gasteiger partial charge in [0.05, 0.1) is 29.3 Å². The molecule has 2 amide bonds. The second kappa shape index (κ2) is 10.0. The number of carbonyl (C=O) groups is 2. The Hall–Kier alpha value is -2.06. The largest absolute Gasteiger partial charge is 0.467 e. The quantitative estimate of drug-likeness (QED) is 0.632. The number of anilines is 1. The Kier molecular flexibility index (Phi) is 8.44. The van der Waals surface area contributed by atoms with Gasteiger partial charge in [-0.1, -0.05) is 11.6 Å². The maximum absolute atomic E-state index is 12.1. The summed E-state index contributed by atoms with van der Waals surface area (Å²) in [5, 5.41) is 5.59. The molecule has 9 heteroatoms. The van der Waals surface area contributed by atoms with Gasteiger partial charge in [0.1, 0.15) is 12.0 Å². The number of hydrogen-bond acceptors (Lipinski definition) is 5. The lowest BCUT2D eigenvalue weighted by molar-refractivity contribution is 0.0936. The highest BCUT2D eigenvalue weighted by atomic mass is 35.5. The summed E-state index contributed by atoms with van der Waals surface area (Å²) in [5.74, 6) is -0.148. The molecular weight excluding hydrogens is 369 g/mol. The number of rotatable bonds is 7. The van der Waals surface area contributed by atoms with Crippen molar-refractivity contribution in [2.75, 3.05) is 25.6 Å². The van der Waals surface area contributed by atoms with Crippen LogP contribution in [0.15, 0.2) is 34.9 Å². The van der Waals surface area contributed by atoms with Crippen molar-refractivity contribution in [2.45, 2.75) is 6.54 Å². The smallest absolute Gasteiger partial charge is 0.258 e. The van der Waals surface area contributed by atoms with Crippen molar-refractivity contribution in [3.8, 4) is 0 Å². The standard InChI is InChI=1S/C16H18ClN3O4.ClH/c1-23-5-4-19-16(22)13-3-2-11(7-14(13)17)20-15(21)10-6-12(8-18)24-9-10;/h2-3,6-7,9H,4-5,8,18H2,1H3,(H,19,22)(H,20,21);1H. The molecule has 0 aliphatic rings. The van der Waals surface area contributed by atoms with Crippen molar-refractivity contribution < 1.29 is 18.7 Å². The van der Waals surface area contributed by atoms with E-state index >= 15 is 0 Å². The number of carbonyl (C=O) groups excluding carboxylic acids is 2. The number of nitrogens with two attached hydrogens (primary N) is 1. The molecule has 0 radical (unpaired) electrons. The average Bonchev–Trinajstić information content (AvgIpc) is 3.04. The maximum Gasteiger partial charge on any atom is 0.258 e. The van der Waals surface area contributed by atoms with E-state index in [2.05, 4.69) is 10.6 Å². The van der Waals surface area contributed by atoms with E-state index < -0.39 is 0 Å². The molecule has 1 heterocycles. The molecule has 0 saturated carbocycles. The Morgan fingerprint density at radius 2 is 2.04 bits per heavy atom. The van der Waals surface area contributed by atoms with Gasteiger partial charge in [-0.2, -0.15) is 0 Å². The Morgan fingerprint density at radius 1 is 1.28 bits per heavy atom. The first-order chi connectivity index (χ1) is 11.5. The lowest BCUT2D eigenvalue weighted by Crippen LogP contribution is -2.27. The molecule has 0 bridgehead atoms. The van der Waals surface area contributed by atoms with Crippen molar-refractivity contribution in [2.24, 2.45) is 5.73 Å². The van der Waals surface area contributed by atoms with Crippen LogP contribution in [0.2, 0.25) is 5.02 Å². The molecule has 0 fully saturated rings. The fraction of sp³-hybridized carbons (Fsp3) is 0.250. The van der Waals surface area contributed by atoms with Crippen LogP contribution in [0.1, 0.15) is 26.5 Å². The third-order valence-corrected chi connectivity index (χ3v) is 3.49. The zero-order chi connectivity index (χ0) is 17.5. The molecular formula is C16H19Cl2N3O4. The Labute approximate surface area is 156 Å². The number of methoxy groups -OCH3 is 1. The lowest BCUT2D eigenvalue weighted by Gasteiger charge is -2.09. The van der Waals surface area contributed by atoms with E-state index in [0.717, 1.165) is 0 Å². The predicted molar refractivity (Wildman–Crippen MR) is 97.5 cm³/mol. The first-order valence-corrected chi connectivity index (χ1v) is 7.58. The van der Waals surface area contributed by atoms with E-state index in [9.17, 15) is 9.59 Å². The third-order valence-electron chi connectivity index (χ3n) is 3.18. The average molecular weight is 388 g/mol. The summed E-state index contributed by atoms with van der Waals surface area (Å²) in [6, 6.07) is 6.21. The highest BCUT2D eigenvalue weighted by molar-refractivity contribution is 6.34. The Morgan fingerprint density at radius 3 is 2.64 bits per heavy atom. The zero-order valence-corrected chi connectivity index (χ0v) is 15.1. The van der Waals surface area contributed by atoms with E-state index in [-0.39, 0.29) is 35.8 Å². The molecule has 0 aliphatic heterocycles. The van der Waals surface area contributed by atoms with Gasteiger partial charge in [0.25, 0.3) is 11.8 Å². The number of benzene rings is 1. The molecule has 0 spiro atoms. The number of nitrogens with one attached hydrogen (secondary N) is 2. The molecule has 1 aromatic carbocycles. The van der Waals surface area contributed by atoms with Crippen molar-refractivity contribution in [1.29, 1.82) is 0 Å². The minimum Gasteiger partial charge on any atom is -0.467 e. The molecule has 25 heavy (non-hydrogen) atoms. The molecule has 1 aromatic heterocycles. The summed E-state index contributed by atoms with van der Waals surface area (Å²) in [6.45, 7) is 1.01. The molecule has 2 rings (SSSR count). The summed E-state index contributed by atoms with van der Waals surface area (Å²) in [5.41, 5.74) is 6.58. The number of hydrogen-bond donors (Lipinski definition) is 3. The maximum atomic E-state index is 12.1. The minimum absolute atomic E-state index is 0. The topological polar surface area (TPSA) is 107 Å². The van der Waals surface area contributed by atoms with Gasteiger partial charge in [0.2, 0.25) is 0 Å². The fourth-order valence-corrected chi connectivity index (χ4v) is 2.22. The molecule has 136 valence electrons. The summed E-state index contributed by atoms with van der Waals surface area (Å²) in [7, 11) is 1.55. The van der Waals surface area contributed by atoms with Crippen LogP contribution in [0.3, 0.4) is 0 Å². The lowest BCUT2D eigenvalue weighted by atomic mass is 10.2. The number of ether oxygens (including phenoxy) is 1. The van der Waals surface area contributed by atoms with E-state index in [1.54, 1.807) is 25.3 Å². The minimum atomic E-state index is -0.355. The third kappa shape index (κ3) is 5.75. The van der Waals surface area contributed by atoms with Crippen LogP contribution in [0.5, 0.6) is 0 Å². The van der Waals surface area contributed by atoms with Gasteiger partial charge in [0, 0.05) is 19.3 Å². The highest BCUT2D eigenvalue weighted by Crippen LogP contribution is 2.22. The van der Waals surface area contributed by atoms with Crippen LogP contribution >= 0.6 is 24.0 Å². The van der Waals surface area contributed by atoms with Gasteiger partial charge in [-0.3, -0.25) is 9.59 Å². The van der Waals surface area contributed by atoms with Gasteiger partial charge in [0.15, 0.2) is 0 Å². The van der Waals surface area contributed by atoms with E-state index in [1.165, 1.54) is 12.3 Å².